The Morgan fingerprint density at radius 2 is 2.06 bits per heavy atom. The second-order valence-corrected chi connectivity index (χ2v) is 3.90. The molecule has 0 fully saturated rings. The van der Waals surface area contributed by atoms with E-state index >= 15 is 0 Å². The van der Waals surface area contributed by atoms with Crippen LogP contribution in [0.4, 0.5) is 0 Å². The van der Waals surface area contributed by atoms with Crippen molar-refractivity contribution >= 4 is 17.6 Å². The highest BCUT2D eigenvalue weighted by molar-refractivity contribution is 6.31. The van der Waals surface area contributed by atoms with Crippen molar-refractivity contribution in [3.05, 3.63) is 27.8 Å². The normalized spacial score (nSPS) is 12.3. The maximum absolute atomic E-state index is 11.2. The summed E-state index contributed by atoms with van der Waals surface area (Å²) >= 11 is 5.85. The smallest absolute Gasteiger partial charge is 0.339 e. The highest BCUT2D eigenvalue weighted by Crippen LogP contribution is 2.35. The fraction of sp³-hybridized carbons (Fsp3) is 0.364. The molecule has 1 unspecified atom stereocenters. The van der Waals surface area contributed by atoms with Gasteiger partial charge in [-0.1, -0.05) is 11.6 Å². The number of methoxy groups -OCH3 is 1. The molecule has 1 rings (SSSR count). The number of aliphatic hydroxyl groups excluding tert-OH is 1. The van der Waals surface area contributed by atoms with Crippen LogP contribution in [-0.4, -0.2) is 23.3 Å². The zero-order chi connectivity index (χ0) is 12.5. The van der Waals surface area contributed by atoms with Gasteiger partial charge in [-0.3, -0.25) is 0 Å². The van der Waals surface area contributed by atoms with Gasteiger partial charge in [0, 0.05) is 16.1 Å². The molecule has 0 saturated carbocycles. The van der Waals surface area contributed by atoms with Crippen LogP contribution in [0.1, 0.15) is 22.8 Å². The summed E-state index contributed by atoms with van der Waals surface area (Å²) in [5.41, 5.74) is 1.09. The number of rotatable bonds is 2. The van der Waals surface area contributed by atoms with Crippen LogP contribution >= 0.6 is 11.6 Å². The molecule has 0 amide bonds. The maximum Gasteiger partial charge on any atom is 0.339 e. The highest BCUT2D eigenvalue weighted by Gasteiger charge is 2.25. The molecule has 0 bridgehead atoms. The van der Waals surface area contributed by atoms with Crippen molar-refractivity contribution in [2.24, 2.45) is 0 Å². The van der Waals surface area contributed by atoms with Crippen molar-refractivity contribution in [2.45, 2.75) is 20.0 Å². The van der Waals surface area contributed by atoms with E-state index < -0.39 is 12.1 Å². The van der Waals surface area contributed by atoms with E-state index in [9.17, 15) is 15.0 Å². The van der Waals surface area contributed by atoms with Gasteiger partial charge in [0.1, 0.15) is 5.75 Å². The Bertz CT molecular complexity index is 428. The van der Waals surface area contributed by atoms with E-state index in [1.165, 1.54) is 7.11 Å². The van der Waals surface area contributed by atoms with Gasteiger partial charge in [-0.05, 0) is 25.5 Å². The molecule has 5 heteroatoms. The molecule has 0 aliphatic heterocycles. The number of aromatic hydroxyl groups is 1. The quantitative estimate of drug-likeness (QED) is 0.780. The second-order valence-electron chi connectivity index (χ2n) is 3.49. The van der Waals surface area contributed by atoms with Crippen molar-refractivity contribution in [2.75, 3.05) is 7.11 Å². The van der Waals surface area contributed by atoms with Crippen molar-refractivity contribution in [3.63, 3.8) is 0 Å². The molecule has 0 radical (unpaired) electrons. The lowest BCUT2D eigenvalue weighted by Crippen LogP contribution is -2.15. The van der Waals surface area contributed by atoms with E-state index in [1.807, 2.05) is 0 Å². The number of phenols is 1. The minimum atomic E-state index is -1.50. The SMILES string of the molecule is COC(=O)C(O)c1c(C)cc(Cl)c(C)c1O. The van der Waals surface area contributed by atoms with Crippen molar-refractivity contribution in [3.8, 4) is 5.75 Å². The summed E-state index contributed by atoms with van der Waals surface area (Å²) in [6.07, 6.45) is -1.50. The van der Waals surface area contributed by atoms with E-state index in [0.717, 1.165) is 0 Å². The summed E-state index contributed by atoms with van der Waals surface area (Å²) in [5, 5.41) is 19.9. The van der Waals surface area contributed by atoms with E-state index in [1.54, 1.807) is 19.9 Å². The monoisotopic (exact) mass is 244 g/mol. The lowest BCUT2D eigenvalue weighted by Gasteiger charge is -2.15. The maximum atomic E-state index is 11.2. The Morgan fingerprint density at radius 3 is 2.56 bits per heavy atom. The van der Waals surface area contributed by atoms with Crippen LogP contribution in [0.5, 0.6) is 5.75 Å². The largest absolute Gasteiger partial charge is 0.507 e. The molecule has 1 aromatic carbocycles. The molecule has 0 spiro atoms. The van der Waals surface area contributed by atoms with Gasteiger partial charge in [0.05, 0.1) is 7.11 Å². The van der Waals surface area contributed by atoms with Crippen molar-refractivity contribution < 1.29 is 19.7 Å². The Morgan fingerprint density at radius 1 is 1.50 bits per heavy atom. The lowest BCUT2D eigenvalue weighted by molar-refractivity contribution is -0.150. The number of aliphatic hydroxyl groups is 1. The number of hydrogen-bond acceptors (Lipinski definition) is 4. The van der Waals surface area contributed by atoms with Gasteiger partial charge >= 0.3 is 5.97 Å². The number of carbonyl (C=O) groups is 1. The van der Waals surface area contributed by atoms with Gasteiger partial charge < -0.3 is 14.9 Å². The van der Waals surface area contributed by atoms with Crippen molar-refractivity contribution in [1.82, 2.24) is 0 Å². The first kappa shape index (κ1) is 12.8. The molecule has 0 aromatic heterocycles. The van der Waals surface area contributed by atoms with Crippen LogP contribution in [-0.2, 0) is 9.53 Å². The number of phenolic OH excluding ortho intramolecular Hbond substituents is 1. The van der Waals surface area contributed by atoms with Gasteiger partial charge in [-0.2, -0.15) is 0 Å². The Balaban J connectivity index is 3.34. The first-order valence-corrected chi connectivity index (χ1v) is 5.02. The summed E-state index contributed by atoms with van der Waals surface area (Å²) in [4.78, 5) is 11.2. The van der Waals surface area contributed by atoms with Crippen LogP contribution < -0.4 is 0 Å². The molecular formula is C11H13ClO4. The number of halogens is 1. The average Bonchev–Trinajstić information content (AvgIpc) is 2.24. The first-order valence-electron chi connectivity index (χ1n) is 4.64. The van der Waals surface area contributed by atoms with E-state index in [4.69, 9.17) is 11.6 Å². The van der Waals surface area contributed by atoms with E-state index in [0.29, 0.717) is 16.1 Å². The molecule has 1 aromatic rings. The fourth-order valence-corrected chi connectivity index (χ4v) is 1.71. The molecule has 2 N–H and O–H groups in total. The molecular weight excluding hydrogens is 232 g/mol. The van der Waals surface area contributed by atoms with Gasteiger partial charge in [0.15, 0.2) is 6.10 Å². The minimum Gasteiger partial charge on any atom is -0.507 e. The third-order valence-electron chi connectivity index (χ3n) is 2.43. The predicted octanol–water partition coefficient (Wildman–Crippen LogP) is 1.87. The summed E-state index contributed by atoms with van der Waals surface area (Å²) in [6.45, 7) is 3.25. The number of esters is 1. The number of ether oxygens (including phenoxy) is 1. The molecule has 88 valence electrons. The van der Waals surface area contributed by atoms with E-state index in [-0.39, 0.29) is 11.3 Å². The third-order valence-corrected chi connectivity index (χ3v) is 2.83. The molecule has 0 heterocycles. The Hall–Kier alpha value is -1.26. The number of benzene rings is 1. The van der Waals surface area contributed by atoms with E-state index in [2.05, 4.69) is 4.74 Å². The first-order chi connectivity index (χ1) is 7.40. The standard InChI is InChI=1S/C11H13ClO4/c1-5-4-7(12)6(2)9(13)8(5)10(14)11(15)16-3/h4,10,13-14H,1-3H3. The Labute approximate surface area is 98.4 Å². The molecule has 0 aliphatic carbocycles. The topological polar surface area (TPSA) is 66.8 Å². The van der Waals surface area contributed by atoms with Gasteiger partial charge in [-0.15, -0.1) is 0 Å². The number of hydrogen-bond donors (Lipinski definition) is 2. The van der Waals surface area contributed by atoms with Crippen LogP contribution in [0.25, 0.3) is 0 Å². The fourth-order valence-electron chi connectivity index (χ4n) is 1.45. The highest BCUT2D eigenvalue weighted by atomic mass is 35.5. The predicted molar refractivity (Wildman–Crippen MR) is 59.6 cm³/mol. The zero-order valence-corrected chi connectivity index (χ0v) is 10.00. The second kappa shape index (κ2) is 4.72. The molecule has 4 nitrogen and oxygen atoms in total. The molecule has 1 atom stereocenters. The molecule has 0 aliphatic rings. The summed E-state index contributed by atoms with van der Waals surface area (Å²) in [5.74, 6) is -0.997. The summed E-state index contributed by atoms with van der Waals surface area (Å²) < 4.78 is 4.41. The van der Waals surface area contributed by atoms with Gasteiger partial charge in [0.25, 0.3) is 0 Å². The number of carbonyl (C=O) groups excluding carboxylic acids is 1. The van der Waals surface area contributed by atoms with Gasteiger partial charge in [0.2, 0.25) is 0 Å². The van der Waals surface area contributed by atoms with Crippen LogP contribution in [0.3, 0.4) is 0 Å². The zero-order valence-electron chi connectivity index (χ0n) is 9.24. The third kappa shape index (κ3) is 2.13. The van der Waals surface area contributed by atoms with Crippen LogP contribution in [0.2, 0.25) is 5.02 Å². The summed E-state index contributed by atoms with van der Waals surface area (Å²) in [7, 11) is 1.17. The lowest BCUT2D eigenvalue weighted by atomic mass is 9.99. The van der Waals surface area contributed by atoms with Gasteiger partial charge in [-0.25, -0.2) is 4.79 Å². The summed E-state index contributed by atoms with van der Waals surface area (Å²) in [6, 6.07) is 1.58. The van der Waals surface area contributed by atoms with Crippen molar-refractivity contribution in [1.29, 1.82) is 0 Å². The van der Waals surface area contributed by atoms with Crippen LogP contribution in [0.15, 0.2) is 6.07 Å². The van der Waals surface area contributed by atoms with Crippen LogP contribution in [0, 0.1) is 13.8 Å². The Kier molecular flexibility index (Phi) is 3.78. The molecule has 16 heavy (non-hydrogen) atoms. The number of aryl methyl sites for hydroxylation is 1. The average molecular weight is 245 g/mol. The minimum absolute atomic E-state index is 0.133. The molecule has 0 saturated heterocycles.